The van der Waals surface area contributed by atoms with Crippen molar-refractivity contribution >= 4 is 33.7 Å². The maximum absolute atomic E-state index is 13.7. The summed E-state index contributed by atoms with van der Waals surface area (Å²) >= 11 is 2.90. The van der Waals surface area contributed by atoms with Crippen molar-refractivity contribution in [1.82, 2.24) is 9.97 Å². The maximum atomic E-state index is 13.7. The molecule has 0 atom stereocenters. The number of carbonyl (C=O) groups is 1. The number of aryl methyl sites for hydroxylation is 1. The number of halogens is 1. The summed E-state index contributed by atoms with van der Waals surface area (Å²) in [5, 5.41) is 6.07. The molecule has 0 spiro atoms. The van der Waals surface area contributed by atoms with Crippen LogP contribution in [-0.4, -0.2) is 22.0 Å². The van der Waals surface area contributed by atoms with Crippen LogP contribution in [0.15, 0.2) is 23.6 Å². The third kappa shape index (κ3) is 4.90. The van der Waals surface area contributed by atoms with E-state index in [0.717, 1.165) is 26.8 Å². The highest BCUT2D eigenvalue weighted by Crippen LogP contribution is 2.34. The Bertz CT molecular complexity index is 966. The van der Waals surface area contributed by atoms with E-state index in [0.29, 0.717) is 17.3 Å². The van der Waals surface area contributed by atoms with Gasteiger partial charge in [-0.05, 0) is 39.0 Å². The van der Waals surface area contributed by atoms with Crippen LogP contribution >= 0.6 is 22.7 Å². The summed E-state index contributed by atoms with van der Waals surface area (Å²) < 4.78 is 19.5. The van der Waals surface area contributed by atoms with E-state index in [2.05, 4.69) is 15.3 Å². The molecule has 0 saturated carbocycles. The van der Waals surface area contributed by atoms with Crippen molar-refractivity contribution in [3.05, 3.63) is 45.7 Å². The van der Waals surface area contributed by atoms with Crippen LogP contribution in [0.1, 0.15) is 37.0 Å². The number of hydrogen-bond donors (Lipinski definition) is 1. The average Bonchev–Trinajstić information content (AvgIpc) is 3.15. The van der Waals surface area contributed by atoms with Gasteiger partial charge in [-0.3, -0.25) is 4.79 Å². The first-order chi connectivity index (χ1) is 12.8. The van der Waals surface area contributed by atoms with E-state index in [4.69, 9.17) is 4.74 Å². The maximum Gasteiger partial charge on any atom is 0.223 e. The Kier molecular flexibility index (Phi) is 5.86. The molecule has 0 saturated heterocycles. The minimum atomic E-state index is -0.295. The Morgan fingerprint density at radius 2 is 2.11 bits per heavy atom. The smallest absolute Gasteiger partial charge is 0.223 e. The lowest BCUT2D eigenvalue weighted by atomic mass is 10.1. The van der Waals surface area contributed by atoms with E-state index in [-0.39, 0.29) is 17.8 Å². The van der Waals surface area contributed by atoms with E-state index in [9.17, 15) is 9.18 Å². The molecule has 142 valence electrons. The largest absolute Gasteiger partial charge is 0.491 e. The van der Waals surface area contributed by atoms with Gasteiger partial charge in [-0.15, -0.1) is 11.3 Å². The number of benzene rings is 1. The summed E-state index contributed by atoms with van der Waals surface area (Å²) in [6.07, 6.45) is 0.494. The third-order valence-electron chi connectivity index (χ3n) is 3.59. The molecular formula is C19H20FN3O2S2. The Morgan fingerprint density at radius 3 is 2.81 bits per heavy atom. The molecule has 3 rings (SSSR count). The van der Waals surface area contributed by atoms with Crippen molar-refractivity contribution in [2.45, 2.75) is 40.2 Å². The summed E-state index contributed by atoms with van der Waals surface area (Å²) in [5.74, 6) is 0.222. The molecule has 5 nitrogen and oxygen atoms in total. The van der Waals surface area contributed by atoms with E-state index >= 15 is 0 Å². The zero-order valence-corrected chi connectivity index (χ0v) is 17.1. The lowest BCUT2D eigenvalue weighted by Gasteiger charge is -2.13. The number of amides is 1. The Hall–Kier alpha value is -2.32. The summed E-state index contributed by atoms with van der Waals surface area (Å²) in [6.45, 7) is 7.21. The average molecular weight is 406 g/mol. The molecule has 8 heteroatoms. The second-order valence-corrected chi connectivity index (χ2v) is 8.28. The molecule has 0 radical (unpaired) electrons. The Morgan fingerprint density at radius 1 is 1.33 bits per heavy atom. The monoisotopic (exact) mass is 405 g/mol. The van der Waals surface area contributed by atoms with Crippen LogP contribution in [0.2, 0.25) is 0 Å². The lowest BCUT2D eigenvalue weighted by Crippen LogP contribution is -2.08. The minimum Gasteiger partial charge on any atom is -0.491 e. The van der Waals surface area contributed by atoms with Crippen molar-refractivity contribution in [2.24, 2.45) is 0 Å². The molecule has 3 aromatic rings. The highest BCUT2D eigenvalue weighted by Gasteiger charge is 2.15. The van der Waals surface area contributed by atoms with E-state index in [1.165, 1.54) is 41.7 Å². The molecule has 0 bridgehead atoms. The van der Waals surface area contributed by atoms with Crippen molar-refractivity contribution in [1.29, 1.82) is 0 Å². The Labute approximate surface area is 165 Å². The van der Waals surface area contributed by atoms with Crippen LogP contribution in [0.25, 0.3) is 10.6 Å². The molecular weight excluding hydrogens is 385 g/mol. The number of nitrogens with zero attached hydrogens (tertiary/aromatic N) is 2. The fourth-order valence-corrected chi connectivity index (χ4v) is 4.41. The van der Waals surface area contributed by atoms with Gasteiger partial charge in [0.25, 0.3) is 0 Å². The number of hydrogen-bond acceptors (Lipinski definition) is 6. The van der Waals surface area contributed by atoms with Crippen LogP contribution in [0.3, 0.4) is 0 Å². The predicted molar refractivity (Wildman–Crippen MR) is 107 cm³/mol. The topological polar surface area (TPSA) is 64.1 Å². The fourth-order valence-electron chi connectivity index (χ4n) is 2.55. The molecule has 27 heavy (non-hydrogen) atoms. The number of ether oxygens (including phenoxy) is 1. The quantitative estimate of drug-likeness (QED) is 0.623. The third-order valence-corrected chi connectivity index (χ3v) is 5.54. The van der Waals surface area contributed by atoms with Gasteiger partial charge in [-0.1, -0.05) is 11.3 Å². The van der Waals surface area contributed by atoms with E-state index in [1.54, 1.807) is 6.07 Å². The second kappa shape index (κ2) is 8.14. The SMILES string of the molecule is CC(=O)Nc1nc(C)c(-c2csc(Cc3cc(F)ccc3OC(C)C)n2)s1. The van der Waals surface area contributed by atoms with Crippen LogP contribution in [0.4, 0.5) is 9.52 Å². The van der Waals surface area contributed by atoms with E-state index in [1.807, 2.05) is 26.2 Å². The molecule has 1 N–H and O–H groups in total. The molecule has 1 aromatic carbocycles. The zero-order chi connectivity index (χ0) is 19.6. The Balaban J connectivity index is 1.84. The molecule has 1 amide bonds. The molecule has 0 aliphatic rings. The second-order valence-electron chi connectivity index (χ2n) is 6.34. The molecule has 2 heterocycles. The first-order valence-electron chi connectivity index (χ1n) is 8.46. The highest BCUT2D eigenvalue weighted by molar-refractivity contribution is 7.19. The van der Waals surface area contributed by atoms with Crippen molar-refractivity contribution in [2.75, 3.05) is 5.32 Å². The van der Waals surface area contributed by atoms with Crippen molar-refractivity contribution in [3.63, 3.8) is 0 Å². The van der Waals surface area contributed by atoms with Gasteiger partial charge in [0, 0.05) is 24.3 Å². The number of nitrogens with one attached hydrogen (secondary N) is 1. The standard InChI is InChI=1S/C19H20FN3O2S2/c1-10(2)25-16-6-5-14(20)7-13(16)8-17-23-15(9-26-17)18-11(3)21-19(27-18)22-12(4)24/h5-7,9-10H,8H2,1-4H3,(H,21,22,24). The lowest BCUT2D eigenvalue weighted by molar-refractivity contribution is -0.114. The van der Waals surface area contributed by atoms with Crippen molar-refractivity contribution < 1.29 is 13.9 Å². The fraction of sp³-hybridized carbons (Fsp3) is 0.316. The van der Waals surface area contributed by atoms with Gasteiger partial charge in [0.1, 0.15) is 11.6 Å². The molecule has 0 fully saturated rings. The predicted octanol–water partition coefficient (Wildman–Crippen LogP) is 5.05. The summed E-state index contributed by atoms with van der Waals surface area (Å²) in [5.41, 5.74) is 2.39. The van der Waals surface area contributed by atoms with E-state index < -0.39 is 0 Å². The molecule has 0 aliphatic heterocycles. The number of aromatic nitrogens is 2. The first kappa shape index (κ1) is 19.4. The molecule has 0 unspecified atom stereocenters. The van der Waals surface area contributed by atoms with Crippen LogP contribution in [0.5, 0.6) is 5.75 Å². The van der Waals surface area contributed by atoms with Crippen LogP contribution < -0.4 is 10.1 Å². The van der Waals surface area contributed by atoms with Gasteiger partial charge < -0.3 is 10.1 Å². The van der Waals surface area contributed by atoms with Gasteiger partial charge in [0.15, 0.2) is 5.13 Å². The number of rotatable bonds is 6. The van der Waals surface area contributed by atoms with Gasteiger partial charge in [0.2, 0.25) is 5.91 Å². The number of thiazole rings is 2. The van der Waals surface area contributed by atoms with Gasteiger partial charge in [0.05, 0.1) is 27.4 Å². The highest BCUT2D eigenvalue weighted by atomic mass is 32.1. The number of anilines is 1. The summed E-state index contributed by atoms with van der Waals surface area (Å²) in [7, 11) is 0. The van der Waals surface area contributed by atoms with Gasteiger partial charge >= 0.3 is 0 Å². The summed E-state index contributed by atoms with van der Waals surface area (Å²) in [6, 6.07) is 4.55. The summed E-state index contributed by atoms with van der Waals surface area (Å²) in [4.78, 5) is 21.2. The number of carbonyl (C=O) groups excluding carboxylic acids is 1. The molecule has 0 aliphatic carbocycles. The normalized spacial score (nSPS) is 11.0. The van der Waals surface area contributed by atoms with Crippen LogP contribution in [-0.2, 0) is 11.2 Å². The van der Waals surface area contributed by atoms with Gasteiger partial charge in [-0.25, -0.2) is 14.4 Å². The molecule has 2 aromatic heterocycles. The minimum absolute atomic E-state index is 0.00751. The van der Waals surface area contributed by atoms with Crippen molar-refractivity contribution in [3.8, 4) is 16.3 Å². The zero-order valence-electron chi connectivity index (χ0n) is 15.5. The van der Waals surface area contributed by atoms with Crippen LogP contribution in [0, 0.1) is 12.7 Å². The first-order valence-corrected chi connectivity index (χ1v) is 10.2. The van der Waals surface area contributed by atoms with Gasteiger partial charge in [-0.2, -0.15) is 0 Å².